The summed E-state index contributed by atoms with van der Waals surface area (Å²) in [7, 11) is 4.51. The minimum Gasteiger partial charge on any atom is -0.507 e. The molecule has 1 atom stereocenters. The summed E-state index contributed by atoms with van der Waals surface area (Å²) < 4.78 is 37.1. The molecular formula is C27H35N3O7S. The molecule has 0 aromatic heterocycles. The van der Waals surface area contributed by atoms with Crippen molar-refractivity contribution in [3.05, 3.63) is 59.2 Å². The SMILES string of the molecule is CCOc1ccc([C@H]2C(=C(O)c3ccc(S(=O)(=O)N(C)C)cc3)C(=O)C(=O)N2CCCN(C)C)cc1OC. The van der Waals surface area contributed by atoms with Crippen LogP contribution < -0.4 is 9.47 Å². The lowest BCUT2D eigenvalue weighted by Gasteiger charge is -2.26. The van der Waals surface area contributed by atoms with Crippen molar-refractivity contribution in [1.82, 2.24) is 14.1 Å². The van der Waals surface area contributed by atoms with Gasteiger partial charge in [-0.1, -0.05) is 6.07 Å². The maximum absolute atomic E-state index is 13.3. The Morgan fingerprint density at radius 3 is 2.24 bits per heavy atom. The highest BCUT2D eigenvalue weighted by Gasteiger charge is 2.46. The number of aliphatic hydroxyl groups excluding tert-OH is 1. The Labute approximate surface area is 224 Å². The van der Waals surface area contributed by atoms with Crippen LogP contribution in [0.25, 0.3) is 5.76 Å². The molecule has 0 aliphatic carbocycles. The lowest BCUT2D eigenvalue weighted by Crippen LogP contribution is -2.32. The van der Waals surface area contributed by atoms with Gasteiger partial charge in [-0.15, -0.1) is 0 Å². The first kappa shape index (κ1) is 29.2. The number of benzene rings is 2. The molecule has 38 heavy (non-hydrogen) atoms. The number of sulfonamides is 1. The van der Waals surface area contributed by atoms with E-state index in [4.69, 9.17) is 9.47 Å². The van der Waals surface area contributed by atoms with E-state index in [0.29, 0.717) is 43.2 Å². The number of likely N-dealkylation sites (tertiary alicyclic amines) is 1. The van der Waals surface area contributed by atoms with Gasteiger partial charge < -0.3 is 24.4 Å². The highest BCUT2D eigenvalue weighted by molar-refractivity contribution is 7.89. The lowest BCUT2D eigenvalue weighted by molar-refractivity contribution is -0.139. The van der Waals surface area contributed by atoms with E-state index < -0.39 is 27.8 Å². The van der Waals surface area contributed by atoms with Crippen LogP contribution in [0.15, 0.2) is 52.9 Å². The predicted octanol–water partition coefficient (Wildman–Crippen LogP) is 2.72. The van der Waals surface area contributed by atoms with E-state index in [0.717, 1.165) is 4.31 Å². The van der Waals surface area contributed by atoms with Gasteiger partial charge in [0.05, 0.1) is 30.2 Å². The Balaban J connectivity index is 2.14. The van der Waals surface area contributed by atoms with Crippen molar-refractivity contribution < 1.29 is 32.6 Å². The van der Waals surface area contributed by atoms with E-state index in [1.165, 1.54) is 50.4 Å². The van der Waals surface area contributed by atoms with Crippen LogP contribution in [-0.2, 0) is 19.6 Å². The molecule has 206 valence electrons. The van der Waals surface area contributed by atoms with Gasteiger partial charge in [-0.25, -0.2) is 12.7 Å². The fraction of sp³-hybridized carbons (Fsp3) is 0.407. The summed E-state index contributed by atoms with van der Waals surface area (Å²) in [4.78, 5) is 29.9. The summed E-state index contributed by atoms with van der Waals surface area (Å²) >= 11 is 0. The Morgan fingerprint density at radius 2 is 1.68 bits per heavy atom. The molecule has 1 heterocycles. The van der Waals surface area contributed by atoms with Crippen LogP contribution in [0.5, 0.6) is 11.5 Å². The lowest BCUT2D eigenvalue weighted by atomic mass is 9.95. The van der Waals surface area contributed by atoms with Crippen molar-refractivity contribution in [3.63, 3.8) is 0 Å². The van der Waals surface area contributed by atoms with E-state index in [-0.39, 0.29) is 21.8 Å². The highest BCUT2D eigenvalue weighted by atomic mass is 32.2. The number of hydrogen-bond donors (Lipinski definition) is 1. The van der Waals surface area contributed by atoms with Crippen LogP contribution in [0.4, 0.5) is 0 Å². The normalized spacial score (nSPS) is 17.5. The Kier molecular flexibility index (Phi) is 9.18. The first-order valence-electron chi connectivity index (χ1n) is 12.2. The number of ketones is 1. The highest BCUT2D eigenvalue weighted by Crippen LogP contribution is 2.42. The van der Waals surface area contributed by atoms with E-state index >= 15 is 0 Å². The quantitative estimate of drug-likeness (QED) is 0.260. The number of rotatable bonds is 11. The van der Waals surface area contributed by atoms with E-state index in [2.05, 4.69) is 0 Å². The number of carbonyl (C=O) groups excluding carboxylic acids is 2. The van der Waals surface area contributed by atoms with Crippen molar-refractivity contribution in [2.24, 2.45) is 0 Å². The van der Waals surface area contributed by atoms with Crippen molar-refractivity contribution in [1.29, 1.82) is 0 Å². The summed E-state index contributed by atoms with van der Waals surface area (Å²) in [6.07, 6.45) is 0.613. The monoisotopic (exact) mass is 545 g/mol. The third-order valence-corrected chi connectivity index (χ3v) is 8.08. The number of amides is 1. The third kappa shape index (κ3) is 5.85. The Morgan fingerprint density at radius 1 is 1.03 bits per heavy atom. The number of ether oxygens (including phenoxy) is 2. The topological polar surface area (TPSA) is 117 Å². The van der Waals surface area contributed by atoms with Crippen LogP contribution in [0.1, 0.15) is 30.5 Å². The molecule has 1 N–H and O–H groups in total. The van der Waals surface area contributed by atoms with Gasteiger partial charge >= 0.3 is 0 Å². The van der Waals surface area contributed by atoms with Crippen molar-refractivity contribution in [2.45, 2.75) is 24.3 Å². The van der Waals surface area contributed by atoms with E-state index in [1.807, 2.05) is 25.9 Å². The minimum absolute atomic E-state index is 0.0380. The smallest absolute Gasteiger partial charge is 0.295 e. The second-order valence-corrected chi connectivity index (χ2v) is 11.5. The van der Waals surface area contributed by atoms with Crippen molar-refractivity contribution in [3.8, 4) is 11.5 Å². The Hall–Kier alpha value is -3.41. The number of Topliss-reactive ketones (excluding diaryl/α,β-unsaturated/α-hetero) is 1. The zero-order valence-electron chi connectivity index (χ0n) is 22.6. The van der Waals surface area contributed by atoms with Gasteiger partial charge in [-0.2, -0.15) is 0 Å². The zero-order valence-corrected chi connectivity index (χ0v) is 23.4. The van der Waals surface area contributed by atoms with Crippen LogP contribution in [0, 0.1) is 0 Å². The first-order valence-corrected chi connectivity index (χ1v) is 13.6. The molecule has 2 aromatic carbocycles. The molecule has 1 amide bonds. The number of methoxy groups -OCH3 is 1. The zero-order chi connectivity index (χ0) is 28.2. The molecule has 2 aromatic rings. The van der Waals surface area contributed by atoms with Crippen LogP contribution in [0.3, 0.4) is 0 Å². The molecule has 1 fully saturated rings. The van der Waals surface area contributed by atoms with Crippen LogP contribution in [0.2, 0.25) is 0 Å². The van der Waals surface area contributed by atoms with Gasteiger partial charge in [0, 0.05) is 26.2 Å². The van der Waals surface area contributed by atoms with Crippen molar-refractivity contribution in [2.75, 3.05) is 55.0 Å². The Bertz CT molecular complexity index is 1320. The first-order chi connectivity index (χ1) is 17.9. The summed E-state index contributed by atoms with van der Waals surface area (Å²) in [5.74, 6) is -0.960. The summed E-state index contributed by atoms with van der Waals surface area (Å²) in [6, 6.07) is 9.81. The summed E-state index contributed by atoms with van der Waals surface area (Å²) in [5, 5.41) is 11.3. The number of nitrogens with zero attached hydrogens (tertiary/aromatic N) is 3. The second kappa shape index (κ2) is 12.0. The predicted molar refractivity (Wildman–Crippen MR) is 144 cm³/mol. The van der Waals surface area contributed by atoms with Gasteiger partial charge in [0.2, 0.25) is 10.0 Å². The molecule has 1 saturated heterocycles. The van der Waals surface area contributed by atoms with Gasteiger partial charge in [-0.05, 0) is 75.9 Å². The summed E-state index contributed by atoms with van der Waals surface area (Å²) in [5.41, 5.74) is 0.717. The molecule has 0 spiro atoms. The fourth-order valence-electron chi connectivity index (χ4n) is 4.29. The standard InChI is InChI=1S/C27H35N3O7S/c1-7-37-21-14-11-19(17-22(21)36-6)24-23(26(32)27(33)30(24)16-8-15-28(2)3)25(31)18-9-12-20(13-10-18)38(34,35)29(4)5/h9-14,17,24,31H,7-8,15-16H2,1-6H3/t24-/m0/s1. The van der Waals surface area contributed by atoms with E-state index in [1.54, 1.807) is 18.2 Å². The second-order valence-electron chi connectivity index (χ2n) is 9.30. The average Bonchev–Trinajstić information content (AvgIpc) is 3.13. The maximum atomic E-state index is 13.3. The fourth-order valence-corrected chi connectivity index (χ4v) is 5.20. The van der Waals surface area contributed by atoms with Crippen LogP contribution in [-0.4, -0.2) is 94.3 Å². The molecule has 3 rings (SSSR count). The van der Waals surface area contributed by atoms with Gasteiger partial charge in [-0.3, -0.25) is 9.59 Å². The third-order valence-electron chi connectivity index (χ3n) is 6.25. The van der Waals surface area contributed by atoms with Crippen molar-refractivity contribution >= 4 is 27.5 Å². The van der Waals surface area contributed by atoms with Gasteiger partial charge in [0.1, 0.15) is 5.76 Å². The molecule has 10 nitrogen and oxygen atoms in total. The largest absolute Gasteiger partial charge is 0.507 e. The molecule has 0 radical (unpaired) electrons. The molecule has 1 aliphatic rings. The molecule has 11 heteroatoms. The molecule has 0 unspecified atom stereocenters. The van der Waals surface area contributed by atoms with Crippen LogP contribution >= 0.6 is 0 Å². The van der Waals surface area contributed by atoms with Gasteiger partial charge in [0.25, 0.3) is 11.7 Å². The molecule has 1 aliphatic heterocycles. The number of carbonyl (C=O) groups is 2. The molecule has 0 bridgehead atoms. The van der Waals surface area contributed by atoms with E-state index in [9.17, 15) is 23.1 Å². The number of aliphatic hydroxyl groups is 1. The maximum Gasteiger partial charge on any atom is 0.295 e. The van der Waals surface area contributed by atoms with Gasteiger partial charge in [0.15, 0.2) is 11.5 Å². The number of hydrogen-bond acceptors (Lipinski definition) is 8. The molecular weight excluding hydrogens is 510 g/mol. The molecule has 0 saturated carbocycles. The minimum atomic E-state index is -3.68. The summed E-state index contributed by atoms with van der Waals surface area (Å²) in [6.45, 7) is 3.27. The average molecular weight is 546 g/mol.